The summed E-state index contributed by atoms with van der Waals surface area (Å²) >= 11 is 7.40. The summed E-state index contributed by atoms with van der Waals surface area (Å²) in [7, 11) is 1.30. The zero-order chi connectivity index (χ0) is 19.5. The summed E-state index contributed by atoms with van der Waals surface area (Å²) in [6.07, 6.45) is 1.50. The van der Waals surface area contributed by atoms with Crippen LogP contribution in [0.4, 0.5) is 0 Å². The average molecular weight is 407 g/mol. The third-order valence-electron chi connectivity index (χ3n) is 3.24. The Balaban J connectivity index is 1.74. The molecule has 0 aliphatic carbocycles. The Morgan fingerprint density at radius 3 is 2.81 bits per heavy atom. The molecule has 0 aromatic heterocycles. The lowest BCUT2D eigenvalue weighted by molar-refractivity contribution is -0.142. The van der Waals surface area contributed by atoms with E-state index in [0.717, 1.165) is 11.1 Å². The number of methoxy groups -OCH3 is 1. The minimum absolute atomic E-state index is 0.169. The normalized spacial score (nSPS) is 10.6. The monoisotopic (exact) mass is 406 g/mol. The minimum atomic E-state index is -0.461. The third-order valence-corrected chi connectivity index (χ3v) is 4.48. The van der Waals surface area contributed by atoms with E-state index in [1.54, 1.807) is 24.3 Å². The Morgan fingerprint density at radius 2 is 2.04 bits per heavy atom. The van der Waals surface area contributed by atoms with Crippen LogP contribution < -0.4 is 10.2 Å². The van der Waals surface area contributed by atoms with Crippen LogP contribution in [-0.2, 0) is 20.1 Å². The lowest BCUT2D eigenvalue weighted by Gasteiger charge is -2.05. The Kier molecular flexibility index (Phi) is 8.67. The molecular weight excluding hydrogens is 388 g/mol. The molecule has 0 unspecified atom stereocenters. The van der Waals surface area contributed by atoms with Gasteiger partial charge in [-0.3, -0.25) is 4.79 Å². The fourth-order valence-corrected chi connectivity index (χ4v) is 2.97. The van der Waals surface area contributed by atoms with E-state index in [4.69, 9.17) is 16.3 Å². The molecule has 27 heavy (non-hydrogen) atoms. The number of benzene rings is 2. The van der Waals surface area contributed by atoms with Gasteiger partial charge in [0.05, 0.1) is 19.1 Å². The van der Waals surface area contributed by atoms with Gasteiger partial charge in [-0.25, -0.2) is 10.2 Å². The van der Waals surface area contributed by atoms with Gasteiger partial charge in [0, 0.05) is 10.8 Å². The predicted octanol–water partition coefficient (Wildman–Crippen LogP) is 3.28. The summed E-state index contributed by atoms with van der Waals surface area (Å²) in [4.78, 5) is 22.9. The molecule has 0 aliphatic rings. The van der Waals surface area contributed by atoms with Crippen molar-refractivity contribution in [3.63, 3.8) is 0 Å². The molecule has 0 spiro atoms. The van der Waals surface area contributed by atoms with Crippen LogP contribution in [0, 0.1) is 0 Å². The number of nitrogens with zero attached hydrogens (tertiary/aromatic N) is 1. The molecule has 142 valence electrons. The number of thioether (sulfide) groups is 1. The van der Waals surface area contributed by atoms with E-state index in [1.165, 1.54) is 25.1 Å². The Labute approximate surface area is 166 Å². The van der Waals surface area contributed by atoms with Gasteiger partial charge in [0.25, 0.3) is 0 Å². The van der Waals surface area contributed by atoms with E-state index in [1.807, 2.05) is 24.3 Å². The van der Waals surface area contributed by atoms with Crippen molar-refractivity contribution in [2.24, 2.45) is 5.10 Å². The lowest BCUT2D eigenvalue weighted by atomic mass is 10.2. The second-order valence-corrected chi connectivity index (χ2v) is 6.78. The number of hydrogen-bond donors (Lipinski definition) is 1. The predicted molar refractivity (Wildman–Crippen MR) is 107 cm³/mol. The summed E-state index contributed by atoms with van der Waals surface area (Å²) in [5.74, 6) is 0.824. The maximum atomic E-state index is 11.8. The number of rotatable bonds is 9. The van der Waals surface area contributed by atoms with Crippen molar-refractivity contribution in [2.45, 2.75) is 5.75 Å². The van der Waals surface area contributed by atoms with Crippen LogP contribution in [0.3, 0.4) is 0 Å². The van der Waals surface area contributed by atoms with Crippen molar-refractivity contribution in [2.75, 3.05) is 19.5 Å². The maximum Gasteiger partial charge on any atom is 0.343 e. The number of carbonyl (C=O) groups is 2. The number of amides is 1. The fraction of sp³-hybridized carbons (Fsp3) is 0.211. The van der Waals surface area contributed by atoms with Crippen LogP contribution in [0.2, 0.25) is 5.02 Å². The minimum Gasteiger partial charge on any atom is -0.482 e. The number of esters is 1. The molecule has 0 saturated carbocycles. The number of nitrogens with one attached hydrogen (secondary N) is 1. The molecule has 0 heterocycles. The highest BCUT2D eigenvalue weighted by Gasteiger charge is 2.03. The average Bonchev–Trinajstić information content (AvgIpc) is 2.66. The molecule has 1 N–H and O–H groups in total. The largest absolute Gasteiger partial charge is 0.482 e. The molecule has 0 atom stereocenters. The van der Waals surface area contributed by atoms with Gasteiger partial charge in [0.2, 0.25) is 5.91 Å². The molecule has 2 aromatic carbocycles. The van der Waals surface area contributed by atoms with E-state index in [9.17, 15) is 9.59 Å². The first-order valence-corrected chi connectivity index (χ1v) is 9.54. The molecule has 0 saturated heterocycles. The molecule has 8 heteroatoms. The topological polar surface area (TPSA) is 77.0 Å². The van der Waals surface area contributed by atoms with E-state index in [-0.39, 0.29) is 18.3 Å². The molecule has 0 radical (unpaired) electrons. The highest BCUT2D eigenvalue weighted by Crippen LogP contribution is 2.16. The number of hydrazone groups is 1. The number of hydrogen-bond acceptors (Lipinski definition) is 6. The van der Waals surface area contributed by atoms with Crippen molar-refractivity contribution in [3.05, 3.63) is 64.7 Å². The summed E-state index contributed by atoms with van der Waals surface area (Å²) in [6, 6.07) is 14.5. The highest BCUT2D eigenvalue weighted by atomic mass is 35.5. The van der Waals surface area contributed by atoms with Crippen LogP contribution in [0.5, 0.6) is 5.75 Å². The second kappa shape index (κ2) is 11.3. The van der Waals surface area contributed by atoms with E-state index in [0.29, 0.717) is 16.5 Å². The standard InChI is InChI=1S/C19H19ClN2O4S/c1-25-19(24)11-26-17-7-3-4-14(9-17)10-21-22-18(23)13-27-12-15-5-2-6-16(20)8-15/h2-10H,11-13H2,1H3,(H,22,23)/b21-10+. The Bertz CT molecular complexity index is 814. The quantitative estimate of drug-likeness (QED) is 0.393. The van der Waals surface area contributed by atoms with Crippen molar-refractivity contribution in [1.82, 2.24) is 5.43 Å². The summed E-state index contributed by atoms with van der Waals surface area (Å²) < 4.78 is 9.81. The maximum absolute atomic E-state index is 11.8. The van der Waals surface area contributed by atoms with Gasteiger partial charge >= 0.3 is 5.97 Å². The fourth-order valence-electron chi connectivity index (χ4n) is 1.99. The summed E-state index contributed by atoms with van der Waals surface area (Å²) in [6.45, 7) is -0.169. The Morgan fingerprint density at radius 1 is 1.22 bits per heavy atom. The first kappa shape index (κ1) is 20.8. The van der Waals surface area contributed by atoms with Gasteiger partial charge in [-0.05, 0) is 35.4 Å². The Hall–Kier alpha value is -2.51. The number of ether oxygens (including phenoxy) is 2. The van der Waals surface area contributed by atoms with E-state index >= 15 is 0 Å². The van der Waals surface area contributed by atoms with Crippen LogP contribution in [0.25, 0.3) is 0 Å². The molecule has 0 fully saturated rings. The van der Waals surface area contributed by atoms with Gasteiger partial charge in [-0.15, -0.1) is 11.8 Å². The van der Waals surface area contributed by atoms with Crippen molar-refractivity contribution in [1.29, 1.82) is 0 Å². The summed E-state index contributed by atoms with van der Waals surface area (Å²) in [5, 5.41) is 4.61. The van der Waals surface area contributed by atoms with Crippen LogP contribution in [0.1, 0.15) is 11.1 Å². The number of halogens is 1. The molecule has 0 aliphatic heterocycles. The van der Waals surface area contributed by atoms with Crippen molar-refractivity contribution >= 4 is 41.5 Å². The first-order valence-electron chi connectivity index (χ1n) is 8.00. The molecule has 1 amide bonds. The smallest absolute Gasteiger partial charge is 0.343 e. The van der Waals surface area contributed by atoms with Crippen LogP contribution in [-0.4, -0.2) is 37.6 Å². The SMILES string of the molecule is COC(=O)COc1cccc(/C=N/NC(=O)CSCc2cccc(Cl)c2)c1. The van der Waals surface area contributed by atoms with Gasteiger partial charge in [0.1, 0.15) is 5.75 Å². The lowest BCUT2D eigenvalue weighted by Crippen LogP contribution is -2.19. The van der Waals surface area contributed by atoms with Gasteiger partial charge in [-0.1, -0.05) is 35.9 Å². The highest BCUT2D eigenvalue weighted by molar-refractivity contribution is 7.99. The molecule has 2 aromatic rings. The second-order valence-electron chi connectivity index (χ2n) is 5.35. The third kappa shape index (κ3) is 8.15. The van der Waals surface area contributed by atoms with Gasteiger partial charge in [0.15, 0.2) is 6.61 Å². The van der Waals surface area contributed by atoms with Crippen LogP contribution in [0.15, 0.2) is 53.6 Å². The van der Waals surface area contributed by atoms with E-state index < -0.39 is 5.97 Å². The molecular formula is C19H19ClN2O4S. The molecule has 6 nitrogen and oxygen atoms in total. The molecule has 2 rings (SSSR count). The van der Waals surface area contributed by atoms with E-state index in [2.05, 4.69) is 15.3 Å². The van der Waals surface area contributed by atoms with Gasteiger partial charge < -0.3 is 9.47 Å². The first-order chi connectivity index (χ1) is 13.1. The van der Waals surface area contributed by atoms with Crippen molar-refractivity contribution < 1.29 is 19.1 Å². The van der Waals surface area contributed by atoms with Crippen molar-refractivity contribution in [3.8, 4) is 5.75 Å². The van der Waals surface area contributed by atoms with Crippen LogP contribution >= 0.6 is 23.4 Å². The number of carbonyl (C=O) groups excluding carboxylic acids is 2. The summed E-state index contributed by atoms with van der Waals surface area (Å²) in [5.41, 5.74) is 4.27. The zero-order valence-electron chi connectivity index (χ0n) is 14.7. The zero-order valence-corrected chi connectivity index (χ0v) is 16.3. The van der Waals surface area contributed by atoms with Gasteiger partial charge in [-0.2, -0.15) is 5.10 Å². The molecule has 0 bridgehead atoms.